The molecule has 1 N–H and O–H groups in total. The predicted molar refractivity (Wildman–Crippen MR) is 108 cm³/mol. The second kappa shape index (κ2) is 8.03. The molecule has 0 aliphatic rings. The van der Waals surface area contributed by atoms with Gasteiger partial charge in [-0.05, 0) is 44.2 Å². The third-order valence-corrected chi connectivity index (χ3v) is 4.74. The van der Waals surface area contributed by atoms with Crippen LogP contribution in [0.3, 0.4) is 0 Å². The minimum absolute atomic E-state index is 0.146. The van der Waals surface area contributed by atoms with E-state index in [1.807, 2.05) is 25.1 Å². The Morgan fingerprint density at radius 3 is 2.48 bits per heavy atom. The third kappa shape index (κ3) is 4.26. The number of rotatable bonds is 5. The van der Waals surface area contributed by atoms with Crippen molar-refractivity contribution in [2.45, 2.75) is 13.8 Å². The van der Waals surface area contributed by atoms with Gasteiger partial charge in [0.25, 0.3) is 5.91 Å². The first kappa shape index (κ1) is 19.3. The van der Waals surface area contributed by atoms with Crippen LogP contribution >= 0.6 is 23.2 Å². The van der Waals surface area contributed by atoms with E-state index in [1.54, 1.807) is 31.2 Å². The van der Waals surface area contributed by atoms with Crippen molar-refractivity contribution in [2.75, 3.05) is 18.4 Å². The number of nitrogens with zero attached hydrogens (tertiary/aromatic N) is 1. The molecule has 1 aromatic heterocycles. The molecular formula is C20H18Cl2N2O3. The van der Waals surface area contributed by atoms with Crippen LogP contribution in [0.25, 0.3) is 11.0 Å². The second-order valence-electron chi connectivity index (χ2n) is 6.12. The third-order valence-electron chi connectivity index (χ3n) is 4.11. The van der Waals surface area contributed by atoms with Gasteiger partial charge in [0.2, 0.25) is 5.91 Å². The molecule has 3 rings (SSSR count). The molecule has 1 heterocycles. The van der Waals surface area contributed by atoms with Crippen molar-refractivity contribution in [2.24, 2.45) is 0 Å². The number of para-hydroxylation sites is 1. The molecule has 140 valence electrons. The minimum atomic E-state index is -0.396. The van der Waals surface area contributed by atoms with Crippen molar-refractivity contribution in [1.29, 1.82) is 0 Å². The molecule has 0 saturated heterocycles. The maximum atomic E-state index is 12.8. The fourth-order valence-corrected chi connectivity index (χ4v) is 3.21. The number of hydrogen-bond donors (Lipinski definition) is 1. The summed E-state index contributed by atoms with van der Waals surface area (Å²) in [6, 6.07) is 12.3. The van der Waals surface area contributed by atoms with Gasteiger partial charge in [-0.3, -0.25) is 9.59 Å². The highest BCUT2D eigenvalue weighted by Crippen LogP contribution is 2.29. The number of hydrogen-bond acceptors (Lipinski definition) is 3. The Kier molecular flexibility index (Phi) is 5.73. The molecule has 0 aliphatic heterocycles. The van der Waals surface area contributed by atoms with Gasteiger partial charge in [-0.15, -0.1) is 0 Å². The van der Waals surface area contributed by atoms with Crippen LogP contribution in [0.15, 0.2) is 46.9 Å². The number of nitrogens with one attached hydrogen (secondary N) is 1. The Morgan fingerprint density at radius 2 is 1.81 bits per heavy atom. The number of amides is 2. The zero-order valence-electron chi connectivity index (χ0n) is 14.9. The van der Waals surface area contributed by atoms with Crippen LogP contribution in [0.4, 0.5) is 5.69 Å². The van der Waals surface area contributed by atoms with Crippen molar-refractivity contribution in [3.8, 4) is 0 Å². The summed E-state index contributed by atoms with van der Waals surface area (Å²) in [6.07, 6.45) is 0. The van der Waals surface area contributed by atoms with Crippen LogP contribution in [-0.4, -0.2) is 29.8 Å². The summed E-state index contributed by atoms with van der Waals surface area (Å²) in [5, 5.41) is 4.17. The molecule has 0 saturated carbocycles. The fourth-order valence-electron chi connectivity index (χ4n) is 2.72. The van der Waals surface area contributed by atoms with Crippen molar-refractivity contribution < 1.29 is 14.0 Å². The first-order chi connectivity index (χ1) is 12.9. The number of carbonyl (C=O) groups excluding carboxylic acids is 2. The lowest BCUT2D eigenvalue weighted by atomic mass is 10.2. The molecule has 0 fully saturated rings. The molecule has 2 aromatic carbocycles. The van der Waals surface area contributed by atoms with Crippen molar-refractivity contribution in [1.82, 2.24) is 4.90 Å². The number of likely N-dealkylation sites (N-methyl/N-ethyl adjacent to an activating group) is 1. The quantitative estimate of drug-likeness (QED) is 0.639. The number of halogens is 2. The Morgan fingerprint density at radius 1 is 1.11 bits per heavy atom. The van der Waals surface area contributed by atoms with E-state index in [0.717, 1.165) is 10.9 Å². The normalized spacial score (nSPS) is 10.8. The van der Waals surface area contributed by atoms with Crippen molar-refractivity contribution in [3.05, 3.63) is 63.8 Å². The van der Waals surface area contributed by atoms with Crippen LogP contribution in [0, 0.1) is 6.92 Å². The molecule has 0 spiro atoms. The minimum Gasteiger partial charge on any atom is -0.451 e. The zero-order valence-corrected chi connectivity index (χ0v) is 16.4. The molecular weight excluding hydrogens is 387 g/mol. The highest BCUT2D eigenvalue weighted by atomic mass is 35.5. The molecule has 0 radical (unpaired) electrons. The molecule has 0 bridgehead atoms. The van der Waals surface area contributed by atoms with Gasteiger partial charge in [0.05, 0.1) is 15.7 Å². The molecule has 2 amide bonds. The molecule has 0 atom stereocenters. The average Bonchev–Trinajstić information content (AvgIpc) is 3.05. The maximum Gasteiger partial charge on any atom is 0.290 e. The molecule has 27 heavy (non-hydrogen) atoms. The molecule has 0 aliphatic carbocycles. The molecule has 0 unspecified atom stereocenters. The summed E-state index contributed by atoms with van der Waals surface area (Å²) >= 11 is 12.1. The highest BCUT2D eigenvalue weighted by Gasteiger charge is 2.22. The Hall–Kier alpha value is -2.50. The number of benzene rings is 2. The first-order valence-corrected chi connectivity index (χ1v) is 9.18. The number of furan rings is 1. The van der Waals surface area contributed by atoms with E-state index < -0.39 is 5.91 Å². The predicted octanol–water partition coefficient (Wildman–Crippen LogP) is 5.15. The van der Waals surface area contributed by atoms with Gasteiger partial charge in [0, 0.05) is 11.9 Å². The Bertz CT molecular complexity index is 993. The van der Waals surface area contributed by atoms with Crippen LogP contribution in [0.1, 0.15) is 23.0 Å². The molecule has 5 nitrogen and oxygen atoms in total. The summed E-state index contributed by atoms with van der Waals surface area (Å²) in [6.45, 7) is 3.96. The maximum absolute atomic E-state index is 12.8. The van der Waals surface area contributed by atoms with Crippen LogP contribution in [-0.2, 0) is 4.79 Å². The van der Waals surface area contributed by atoms with Crippen LogP contribution < -0.4 is 5.32 Å². The van der Waals surface area contributed by atoms with E-state index in [1.165, 1.54) is 4.90 Å². The lowest BCUT2D eigenvalue weighted by molar-refractivity contribution is -0.116. The zero-order chi connectivity index (χ0) is 19.6. The van der Waals surface area contributed by atoms with Gasteiger partial charge in [-0.25, -0.2) is 0 Å². The lowest BCUT2D eigenvalue weighted by Crippen LogP contribution is -2.37. The van der Waals surface area contributed by atoms with Gasteiger partial charge < -0.3 is 14.6 Å². The van der Waals surface area contributed by atoms with E-state index in [2.05, 4.69) is 5.32 Å². The van der Waals surface area contributed by atoms with Gasteiger partial charge in [-0.2, -0.15) is 0 Å². The van der Waals surface area contributed by atoms with Crippen LogP contribution in [0.2, 0.25) is 10.0 Å². The van der Waals surface area contributed by atoms with E-state index in [0.29, 0.717) is 27.9 Å². The Labute approximate surface area is 166 Å². The second-order valence-corrected chi connectivity index (χ2v) is 6.93. The Balaban J connectivity index is 1.75. The van der Waals surface area contributed by atoms with Gasteiger partial charge in [0.1, 0.15) is 12.1 Å². The largest absolute Gasteiger partial charge is 0.451 e. The average molecular weight is 405 g/mol. The molecule has 3 aromatic rings. The van der Waals surface area contributed by atoms with E-state index in [4.69, 9.17) is 27.6 Å². The fraction of sp³-hybridized carbons (Fsp3) is 0.200. The number of anilines is 1. The molecule has 7 heteroatoms. The SMILES string of the molecule is CCN(CC(=O)Nc1c(Cl)cccc1Cl)C(=O)c1cc2cc(C)ccc2o1. The standard InChI is InChI=1S/C20H18Cl2N2O3/c1-3-24(11-18(25)23-19-14(21)5-4-6-15(19)22)20(26)17-10-13-9-12(2)7-8-16(13)27-17/h4-10H,3,11H2,1-2H3,(H,23,25). The summed E-state index contributed by atoms with van der Waals surface area (Å²) in [7, 11) is 0. The van der Waals surface area contributed by atoms with Gasteiger partial charge in [-0.1, -0.05) is 40.9 Å². The first-order valence-electron chi connectivity index (χ1n) is 8.42. The summed E-state index contributed by atoms with van der Waals surface area (Å²) < 4.78 is 5.64. The van der Waals surface area contributed by atoms with Gasteiger partial charge in [0.15, 0.2) is 5.76 Å². The van der Waals surface area contributed by atoms with Gasteiger partial charge >= 0.3 is 0 Å². The number of carbonyl (C=O) groups is 2. The highest BCUT2D eigenvalue weighted by molar-refractivity contribution is 6.39. The topological polar surface area (TPSA) is 62.6 Å². The van der Waals surface area contributed by atoms with E-state index in [9.17, 15) is 9.59 Å². The van der Waals surface area contributed by atoms with E-state index in [-0.39, 0.29) is 18.2 Å². The number of fused-ring (bicyclic) bond motifs is 1. The number of aryl methyl sites for hydroxylation is 1. The monoisotopic (exact) mass is 404 g/mol. The lowest BCUT2D eigenvalue weighted by Gasteiger charge is -2.19. The summed E-state index contributed by atoms with van der Waals surface area (Å²) in [4.78, 5) is 26.5. The van der Waals surface area contributed by atoms with Crippen molar-refractivity contribution in [3.63, 3.8) is 0 Å². The van der Waals surface area contributed by atoms with Crippen LogP contribution in [0.5, 0.6) is 0 Å². The van der Waals surface area contributed by atoms with Crippen molar-refractivity contribution >= 4 is 51.7 Å². The summed E-state index contributed by atoms with van der Waals surface area (Å²) in [5.74, 6) is -0.556. The van der Waals surface area contributed by atoms with E-state index >= 15 is 0 Å². The smallest absolute Gasteiger partial charge is 0.290 e. The summed E-state index contributed by atoms with van der Waals surface area (Å²) in [5.41, 5.74) is 2.03.